The molecule has 0 aromatic heterocycles. The van der Waals surface area contributed by atoms with Crippen LogP contribution in [0.15, 0.2) is 24.3 Å². The molecule has 8 heteroatoms. The highest BCUT2D eigenvalue weighted by Gasteiger charge is 2.33. The monoisotopic (exact) mass is 332 g/mol. The summed E-state index contributed by atoms with van der Waals surface area (Å²) in [5.74, 6) is 0.341. The summed E-state index contributed by atoms with van der Waals surface area (Å²) >= 11 is 0. The molecule has 1 aromatic rings. The maximum absolute atomic E-state index is 12.6. The molecule has 2 N–H and O–H groups in total. The van der Waals surface area contributed by atoms with Crippen molar-refractivity contribution < 1.29 is 27.8 Å². The van der Waals surface area contributed by atoms with Gasteiger partial charge in [-0.3, -0.25) is 0 Å². The van der Waals surface area contributed by atoms with Crippen LogP contribution in [0.5, 0.6) is 5.75 Å². The van der Waals surface area contributed by atoms with E-state index in [4.69, 9.17) is 9.84 Å². The Morgan fingerprint density at radius 2 is 2.09 bits per heavy atom. The summed E-state index contributed by atoms with van der Waals surface area (Å²) in [6.07, 6.45) is -4.98. The molecular formula is C15H19F3N2O3. The number of nitrogens with one attached hydrogen (secondary N) is 1. The van der Waals surface area contributed by atoms with E-state index < -0.39 is 17.8 Å². The van der Waals surface area contributed by atoms with Gasteiger partial charge in [-0.25, -0.2) is 4.79 Å². The zero-order valence-electron chi connectivity index (χ0n) is 12.6. The molecule has 23 heavy (non-hydrogen) atoms. The lowest BCUT2D eigenvalue weighted by atomic mass is 10.0. The van der Waals surface area contributed by atoms with Crippen molar-refractivity contribution in [3.05, 3.63) is 29.8 Å². The van der Waals surface area contributed by atoms with E-state index in [1.807, 2.05) is 0 Å². The first-order valence-electron chi connectivity index (χ1n) is 7.27. The Morgan fingerprint density at radius 1 is 1.43 bits per heavy atom. The minimum Gasteiger partial charge on any atom is -0.489 e. The first-order chi connectivity index (χ1) is 10.8. The van der Waals surface area contributed by atoms with E-state index in [-0.39, 0.29) is 12.0 Å². The number of halogens is 3. The molecule has 1 aromatic carbocycles. The second-order valence-corrected chi connectivity index (χ2v) is 5.51. The number of carbonyl (C=O) groups is 1. The summed E-state index contributed by atoms with van der Waals surface area (Å²) < 4.78 is 43.5. The van der Waals surface area contributed by atoms with Crippen LogP contribution >= 0.6 is 0 Å². The molecule has 2 rings (SSSR count). The van der Waals surface area contributed by atoms with Crippen molar-refractivity contribution in [2.45, 2.75) is 18.7 Å². The molecule has 0 bridgehead atoms. The second-order valence-electron chi connectivity index (χ2n) is 5.51. The molecular weight excluding hydrogens is 313 g/mol. The number of hydrogen-bond donors (Lipinski definition) is 2. The molecule has 5 nitrogen and oxygen atoms in total. The van der Waals surface area contributed by atoms with Crippen molar-refractivity contribution in [3.63, 3.8) is 0 Å². The molecule has 1 aliphatic heterocycles. The van der Waals surface area contributed by atoms with Crippen LogP contribution in [0, 0.1) is 5.92 Å². The van der Waals surface area contributed by atoms with Crippen LogP contribution in [0.4, 0.5) is 18.0 Å². The fourth-order valence-electron chi connectivity index (χ4n) is 2.67. The molecule has 0 saturated carbocycles. The summed E-state index contributed by atoms with van der Waals surface area (Å²) in [5, 5.41) is 12.0. The number of likely N-dealkylation sites (N-methyl/N-ethyl adjacent to an activating group) is 1. The lowest BCUT2D eigenvalue weighted by Crippen LogP contribution is -2.38. The number of nitrogens with zero attached hydrogens (tertiary/aromatic N) is 1. The Hall–Kier alpha value is -1.96. The highest BCUT2D eigenvalue weighted by Crippen LogP contribution is 2.31. The van der Waals surface area contributed by atoms with Gasteiger partial charge in [0.2, 0.25) is 0 Å². The molecule has 1 saturated heterocycles. The van der Waals surface area contributed by atoms with Crippen molar-refractivity contribution >= 4 is 6.09 Å². The minimum absolute atomic E-state index is 0.000780. The maximum atomic E-state index is 12.6. The quantitative estimate of drug-likeness (QED) is 0.870. The van der Waals surface area contributed by atoms with Gasteiger partial charge in [0.25, 0.3) is 0 Å². The Balaban J connectivity index is 2.03. The molecule has 128 valence electrons. The summed E-state index contributed by atoms with van der Waals surface area (Å²) in [6, 6.07) is 4.53. The standard InChI is InChI=1S/C15H19F3N2O3/c1-19-8-13(10-6-7-20(9-10)14(21)22)23-12-4-2-11(3-5-12)15(16,17)18/h2-5,10,13,19H,6-9H2,1H3,(H,21,22)/t10-,13+/m0/s1. The van der Waals surface area contributed by atoms with Crippen molar-refractivity contribution in [3.8, 4) is 5.75 Å². The van der Waals surface area contributed by atoms with Crippen LogP contribution < -0.4 is 10.1 Å². The Bertz CT molecular complexity index is 534. The van der Waals surface area contributed by atoms with Gasteiger partial charge in [-0.15, -0.1) is 0 Å². The van der Waals surface area contributed by atoms with E-state index in [9.17, 15) is 18.0 Å². The number of benzene rings is 1. The summed E-state index contributed by atoms with van der Waals surface area (Å²) in [6.45, 7) is 1.29. The number of amides is 1. The summed E-state index contributed by atoms with van der Waals surface area (Å²) in [5.41, 5.74) is -0.729. The number of likely N-dealkylation sites (tertiary alicyclic amines) is 1. The van der Waals surface area contributed by atoms with Crippen molar-refractivity contribution in [2.24, 2.45) is 5.92 Å². The fourth-order valence-corrected chi connectivity index (χ4v) is 2.67. The van der Waals surface area contributed by atoms with E-state index in [1.165, 1.54) is 17.0 Å². The summed E-state index contributed by atoms with van der Waals surface area (Å²) in [7, 11) is 1.74. The molecule has 0 radical (unpaired) electrons. The number of rotatable bonds is 5. The number of hydrogen-bond acceptors (Lipinski definition) is 3. The third kappa shape index (κ3) is 4.51. The lowest BCUT2D eigenvalue weighted by Gasteiger charge is -2.25. The first-order valence-corrected chi connectivity index (χ1v) is 7.27. The summed E-state index contributed by atoms with van der Waals surface area (Å²) in [4.78, 5) is 12.3. The smallest absolute Gasteiger partial charge is 0.416 e. The topological polar surface area (TPSA) is 61.8 Å². The number of alkyl halides is 3. The molecule has 0 spiro atoms. The van der Waals surface area contributed by atoms with Gasteiger partial charge < -0.3 is 20.1 Å². The molecule has 1 amide bonds. The van der Waals surface area contributed by atoms with Crippen molar-refractivity contribution in [1.29, 1.82) is 0 Å². The normalized spacial score (nSPS) is 19.7. The predicted octanol–water partition coefficient (Wildman–Crippen LogP) is 2.67. The van der Waals surface area contributed by atoms with Crippen molar-refractivity contribution in [2.75, 3.05) is 26.7 Å². The van der Waals surface area contributed by atoms with Gasteiger partial charge in [-0.1, -0.05) is 0 Å². The SMILES string of the molecule is CNC[C@@H](Oc1ccc(C(F)(F)F)cc1)[C@H]1CCN(C(=O)O)C1. The zero-order valence-corrected chi connectivity index (χ0v) is 12.6. The van der Waals surface area contributed by atoms with E-state index in [0.29, 0.717) is 31.8 Å². The molecule has 1 heterocycles. The Kier molecular flexibility index (Phi) is 5.35. The Labute approximate surface area is 132 Å². The van der Waals surface area contributed by atoms with Gasteiger partial charge >= 0.3 is 12.3 Å². The fraction of sp³-hybridized carbons (Fsp3) is 0.533. The van der Waals surface area contributed by atoms with Gasteiger partial charge in [-0.05, 0) is 37.7 Å². The zero-order chi connectivity index (χ0) is 17.0. The minimum atomic E-state index is -4.38. The van der Waals surface area contributed by atoms with Gasteiger partial charge in [0.05, 0.1) is 5.56 Å². The molecule has 0 unspecified atom stereocenters. The third-order valence-electron chi connectivity index (χ3n) is 3.90. The van der Waals surface area contributed by atoms with Crippen LogP contribution in [-0.4, -0.2) is 48.9 Å². The molecule has 1 fully saturated rings. The molecule has 0 aliphatic carbocycles. The van der Waals surface area contributed by atoms with Crippen LogP contribution in [-0.2, 0) is 6.18 Å². The van der Waals surface area contributed by atoms with Crippen LogP contribution in [0.3, 0.4) is 0 Å². The van der Waals surface area contributed by atoms with Crippen molar-refractivity contribution in [1.82, 2.24) is 10.2 Å². The highest BCUT2D eigenvalue weighted by atomic mass is 19.4. The van der Waals surface area contributed by atoms with Gasteiger partial charge in [0.15, 0.2) is 0 Å². The predicted molar refractivity (Wildman–Crippen MR) is 77.5 cm³/mol. The van der Waals surface area contributed by atoms with E-state index in [1.54, 1.807) is 7.05 Å². The van der Waals surface area contributed by atoms with Gasteiger partial charge in [0, 0.05) is 25.6 Å². The Morgan fingerprint density at radius 3 is 2.57 bits per heavy atom. The van der Waals surface area contributed by atoms with Gasteiger partial charge in [0.1, 0.15) is 11.9 Å². The van der Waals surface area contributed by atoms with Crippen LogP contribution in [0.2, 0.25) is 0 Å². The van der Waals surface area contributed by atoms with Gasteiger partial charge in [-0.2, -0.15) is 13.2 Å². The third-order valence-corrected chi connectivity index (χ3v) is 3.90. The maximum Gasteiger partial charge on any atom is 0.416 e. The number of carboxylic acid groups (broad SMARTS) is 1. The largest absolute Gasteiger partial charge is 0.489 e. The lowest BCUT2D eigenvalue weighted by molar-refractivity contribution is -0.137. The van der Waals surface area contributed by atoms with E-state index >= 15 is 0 Å². The number of ether oxygens (including phenoxy) is 1. The van der Waals surface area contributed by atoms with E-state index in [0.717, 1.165) is 12.1 Å². The second kappa shape index (κ2) is 7.08. The average Bonchev–Trinajstić information content (AvgIpc) is 2.96. The van der Waals surface area contributed by atoms with Crippen LogP contribution in [0.1, 0.15) is 12.0 Å². The van der Waals surface area contributed by atoms with Crippen LogP contribution in [0.25, 0.3) is 0 Å². The molecule has 2 atom stereocenters. The highest BCUT2D eigenvalue weighted by molar-refractivity contribution is 5.65. The van der Waals surface area contributed by atoms with E-state index in [2.05, 4.69) is 5.32 Å². The average molecular weight is 332 g/mol. The molecule has 1 aliphatic rings. The first kappa shape index (κ1) is 17.4.